The highest BCUT2D eigenvalue weighted by Crippen LogP contribution is 2.21. The van der Waals surface area contributed by atoms with E-state index < -0.39 is 20.9 Å². The maximum absolute atomic E-state index is 12.5. The first kappa shape index (κ1) is 25.0. The first-order valence-electron chi connectivity index (χ1n) is 10.6. The summed E-state index contributed by atoms with van der Waals surface area (Å²) in [4.78, 5) is 22.5. The molecular formula is C22H24N4O7S. The van der Waals surface area contributed by atoms with Crippen LogP contribution in [0.25, 0.3) is 11.5 Å². The van der Waals surface area contributed by atoms with E-state index in [-0.39, 0.29) is 35.4 Å². The van der Waals surface area contributed by atoms with Crippen molar-refractivity contribution in [1.29, 1.82) is 0 Å². The minimum absolute atomic E-state index is 0.0578. The molecule has 0 bridgehead atoms. The van der Waals surface area contributed by atoms with Crippen LogP contribution >= 0.6 is 0 Å². The monoisotopic (exact) mass is 488 g/mol. The van der Waals surface area contributed by atoms with Gasteiger partial charge in [-0.05, 0) is 36.2 Å². The van der Waals surface area contributed by atoms with Crippen molar-refractivity contribution >= 4 is 21.7 Å². The normalized spacial score (nSPS) is 11.5. The van der Waals surface area contributed by atoms with Crippen LogP contribution < -0.4 is 0 Å². The molecule has 0 saturated carbocycles. The minimum atomic E-state index is -3.52. The number of sulfonamides is 1. The molecule has 3 rings (SSSR count). The molecule has 0 saturated heterocycles. The predicted octanol–water partition coefficient (Wildman–Crippen LogP) is 3.35. The Bertz CT molecular complexity index is 1240. The Hall–Kier alpha value is -3.64. The maximum Gasteiger partial charge on any atom is 0.306 e. The van der Waals surface area contributed by atoms with Crippen molar-refractivity contribution in [2.24, 2.45) is 0 Å². The van der Waals surface area contributed by atoms with Gasteiger partial charge in [-0.2, -0.15) is 4.31 Å². The molecule has 0 spiro atoms. The second-order valence-electron chi connectivity index (χ2n) is 7.20. The number of aromatic nitrogens is 2. The number of rotatable bonds is 11. The first-order chi connectivity index (χ1) is 16.2. The summed E-state index contributed by atoms with van der Waals surface area (Å²) in [6, 6.07) is 12.0. The molecule has 3 aromatic rings. The zero-order valence-electron chi connectivity index (χ0n) is 18.7. The van der Waals surface area contributed by atoms with Crippen molar-refractivity contribution in [3.05, 3.63) is 70.1 Å². The van der Waals surface area contributed by atoms with Gasteiger partial charge in [0.05, 0.1) is 9.82 Å². The maximum atomic E-state index is 12.5. The molecule has 0 N–H and O–H groups in total. The summed E-state index contributed by atoms with van der Waals surface area (Å²) in [6.07, 6.45) is 0.466. The predicted molar refractivity (Wildman–Crippen MR) is 121 cm³/mol. The molecule has 0 aliphatic carbocycles. The molecule has 0 unspecified atom stereocenters. The second kappa shape index (κ2) is 11.0. The van der Waals surface area contributed by atoms with Gasteiger partial charge < -0.3 is 9.15 Å². The molecule has 0 aliphatic rings. The van der Waals surface area contributed by atoms with Crippen molar-refractivity contribution in [3.63, 3.8) is 0 Å². The number of non-ortho nitro benzene ring substituents is 1. The average Bonchev–Trinajstić information content (AvgIpc) is 3.31. The molecule has 0 atom stereocenters. The lowest BCUT2D eigenvalue weighted by Crippen LogP contribution is -2.30. The van der Waals surface area contributed by atoms with E-state index in [1.54, 1.807) is 26.0 Å². The Kier molecular flexibility index (Phi) is 8.08. The van der Waals surface area contributed by atoms with Crippen LogP contribution in [0.1, 0.15) is 31.7 Å². The number of esters is 1. The summed E-state index contributed by atoms with van der Waals surface area (Å²) >= 11 is 0. The Morgan fingerprint density at radius 3 is 2.29 bits per heavy atom. The van der Waals surface area contributed by atoms with Gasteiger partial charge in [-0.15, -0.1) is 10.2 Å². The Morgan fingerprint density at radius 1 is 1.06 bits per heavy atom. The highest BCUT2D eigenvalue weighted by atomic mass is 32.2. The van der Waals surface area contributed by atoms with Gasteiger partial charge in [0.25, 0.3) is 11.6 Å². The lowest BCUT2D eigenvalue weighted by atomic mass is 10.1. The van der Waals surface area contributed by atoms with E-state index in [1.165, 1.54) is 40.7 Å². The van der Waals surface area contributed by atoms with E-state index in [0.29, 0.717) is 25.1 Å². The largest absolute Gasteiger partial charge is 0.456 e. The van der Waals surface area contributed by atoms with Gasteiger partial charge in [-0.1, -0.05) is 26.0 Å². The van der Waals surface area contributed by atoms with Crippen LogP contribution in [0, 0.1) is 10.1 Å². The van der Waals surface area contributed by atoms with Crippen LogP contribution in [0.3, 0.4) is 0 Å². The summed E-state index contributed by atoms with van der Waals surface area (Å²) < 4.78 is 37.0. The van der Waals surface area contributed by atoms with Crippen molar-refractivity contribution in [2.75, 3.05) is 13.1 Å². The summed E-state index contributed by atoms with van der Waals surface area (Å²) in [5.74, 6) is -0.233. The molecule has 180 valence electrons. The summed E-state index contributed by atoms with van der Waals surface area (Å²) in [6.45, 7) is 4.14. The van der Waals surface area contributed by atoms with E-state index in [1.807, 2.05) is 0 Å². The van der Waals surface area contributed by atoms with Crippen molar-refractivity contribution in [2.45, 2.75) is 38.2 Å². The minimum Gasteiger partial charge on any atom is -0.456 e. The second-order valence-corrected chi connectivity index (χ2v) is 9.14. The van der Waals surface area contributed by atoms with Crippen LogP contribution in [0.2, 0.25) is 0 Å². The molecular weight excluding hydrogens is 464 g/mol. The topological polar surface area (TPSA) is 146 Å². The van der Waals surface area contributed by atoms with Gasteiger partial charge in [-0.25, -0.2) is 8.42 Å². The third kappa shape index (κ3) is 6.02. The SMILES string of the molecule is CCN(CC)S(=O)(=O)c1ccc(CCC(=O)OCc2nnc(-c3ccc([N+](=O)[O-])cc3)o2)cc1. The van der Waals surface area contributed by atoms with Gasteiger partial charge in [0.15, 0.2) is 6.61 Å². The Balaban J connectivity index is 1.50. The number of nitro benzene ring substituents is 1. The lowest BCUT2D eigenvalue weighted by molar-refractivity contribution is -0.384. The number of carbonyl (C=O) groups is 1. The van der Waals surface area contributed by atoms with Gasteiger partial charge in [0.2, 0.25) is 15.9 Å². The molecule has 1 heterocycles. The molecule has 11 nitrogen and oxygen atoms in total. The fourth-order valence-corrected chi connectivity index (χ4v) is 4.61. The summed E-state index contributed by atoms with van der Waals surface area (Å²) in [5, 5.41) is 18.4. The van der Waals surface area contributed by atoms with E-state index in [9.17, 15) is 23.3 Å². The number of hydrogen-bond donors (Lipinski definition) is 0. The van der Waals surface area contributed by atoms with Crippen LogP contribution in [-0.4, -0.2) is 46.9 Å². The highest BCUT2D eigenvalue weighted by Gasteiger charge is 2.21. The molecule has 12 heteroatoms. The number of hydrogen-bond acceptors (Lipinski definition) is 9. The van der Waals surface area contributed by atoms with Gasteiger partial charge in [-0.3, -0.25) is 14.9 Å². The third-order valence-electron chi connectivity index (χ3n) is 5.03. The number of benzene rings is 2. The van der Waals surface area contributed by atoms with Crippen molar-refractivity contribution < 1.29 is 27.3 Å². The molecule has 2 aromatic carbocycles. The van der Waals surface area contributed by atoms with Crippen molar-refractivity contribution in [1.82, 2.24) is 14.5 Å². The van der Waals surface area contributed by atoms with E-state index in [2.05, 4.69) is 10.2 Å². The molecule has 0 fully saturated rings. The Morgan fingerprint density at radius 2 is 1.71 bits per heavy atom. The summed E-state index contributed by atoms with van der Waals surface area (Å²) in [7, 11) is -3.52. The van der Waals surface area contributed by atoms with Gasteiger partial charge in [0, 0.05) is 37.2 Å². The number of nitro groups is 1. The third-order valence-corrected chi connectivity index (χ3v) is 7.10. The number of aryl methyl sites for hydroxylation is 1. The highest BCUT2D eigenvalue weighted by molar-refractivity contribution is 7.89. The quantitative estimate of drug-likeness (QED) is 0.225. The van der Waals surface area contributed by atoms with Crippen LogP contribution in [0.4, 0.5) is 5.69 Å². The van der Waals surface area contributed by atoms with Crippen LogP contribution in [0.15, 0.2) is 57.8 Å². The molecule has 34 heavy (non-hydrogen) atoms. The van der Waals surface area contributed by atoms with Gasteiger partial charge in [0.1, 0.15) is 0 Å². The standard InChI is InChI=1S/C22H24N4O7S/c1-3-25(4-2)34(30,31)19-12-5-16(6-13-19)7-14-21(27)32-15-20-23-24-22(33-20)17-8-10-18(11-9-17)26(28)29/h5-6,8-13H,3-4,7,14-15H2,1-2H3. The lowest BCUT2D eigenvalue weighted by Gasteiger charge is -2.18. The number of carbonyl (C=O) groups excluding carboxylic acids is 1. The van der Waals surface area contributed by atoms with Crippen LogP contribution in [0.5, 0.6) is 0 Å². The smallest absolute Gasteiger partial charge is 0.306 e. The molecule has 0 aliphatic heterocycles. The zero-order valence-corrected chi connectivity index (χ0v) is 19.5. The molecule has 0 radical (unpaired) electrons. The average molecular weight is 489 g/mol. The number of nitrogens with zero attached hydrogens (tertiary/aromatic N) is 4. The molecule has 0 amide bonds. The number of ether oxygens (including phenoxy) is 1. The van der Waals surface area contributed by atoms with Gasteiger partial charge >= 0.3 is 5.97 Å². The van der Waals surface area contributed by atoms with E-state index in [0.717, 1.165) is 5.56 Å². The first-order valence-corrected chi connectivity index (χ1v) is 12.0. The Labute approximate surface area is 196 Å². The van der Waals surface area contributed by atoms with Crippen LogP contribution in [-0.2, 0) is 32.6 Å². The summed E-state index contributed by atoms with van der Waals surface area (Å²) in [5.41, 5.74) is 1.24. The van der Waals surface area contributed by atoms with E-state index >= 15 is 0 Å². The van der Waals surface area contributed by atoms with Crippen molar-refractivity contribution in [3.8, 4) is 11.5 Å². The fraction of sp³-hybridized carbons (Fsp3) is 0.318. The fourth-order valence-electron chi connectivity index (χ4n) is 3.16. The molecule has 1 aromatic heterocycles. The van der Waals surface area contributed by atoms with E-state index in [4.69, 9.17) is 9.15 Å². The zero-order chi connectivity index (χ0) is 24.7.